The van der Waals surface area contributed by atoms with Crippen molar-refractivity contribution >= 4 is 34.2 Å². The first-order chi connectivity index (χ1) is 13.1. The number of anilines is 1. The highest BCUT2D eigenvalue weighted by atomic mass is 16.5. The first-order valence-corrected chi connectivity index (χ1v) is 8.54. The smallest absolute Gasteiger partial charge is 0.280 e. The number of fused-ring (bicyclic) bond motifs is 1. The molecular weight excluding hydrogens is 340 g/mol. The molecule has 4 rings (SSSR count). The molecule has 0 radical (unpaired) electrons. The number of hydrazone groups is 1. The molecule has 0 unspecified atom stereocenters. The quantitative estimate of drug-likeness (QED) is 0.708. The molecule has 1 N–H and O–H groups in total. The number of benzene rings is 3. The third-order valence-corrected chi connectivity index (χ3v) is 4.55. The summed E-state index contributed by atoms with van der Waals surface area (Å²) < 4.78 is 5.05. The highest BCUT2D eigenvalue weighted by Crippen LogP contribution is 2.30. The minimum atomic E-state index is -0.196. The van der Waals surface area contributed by atoms with Gasteiger partial charge in [-0.05, 0) is 53.6 Å². The van der Waals surface area contributed by atoms with Gasteiger partial charge in [-0.2, -0.15) is 10.1 Å². The number of amides is 1. The van der Waals surface area contributed by atoms with Gasteiger partial charge in [-0.1, -0.05) is 36.4 Å². The van der Waals surface area contributed by atoms with Crippen molar-refractivity contribution in [2.24, 2.45) is 5.10 Å². The van der Waals surface area contributed by atoms with Crippen LogP contribution in [0.15, 0.2) is 71.3 Å². The van der Waals surface area contributed by atoms with Crippen molar-refractivity contribution in [3.63, 3.8) is 0 Å². The predicted octanol–water partition coefficient (Wildman–Crippen LogP) is 4.36. The number of nitrogens with zero attached hydrogens (tertiary/aromatic N) is 2. The molecule has 0 spiro atoms. The van der Waals surface area contributed by atoms with Crippen LogP contribution >= 0.6 is 0 Å². The van der Waals surface area contributed by atoms with E-state index in [-0.39, 0.29) is 11.7 Å². The lowest BCUT2D eigenvalue weighted by molar-refractivity contribution is -0.114. The second-order valence-electron chi connectivity index (χ2n) is 6.32. The Morgan fingerprint density at radius 2 is 1.81 bits per heavy atom. The lowest BCUT2D eigenvalue weighted by Gasteiger charge is -2.12. The van der Waals surface area contributed by atoms with Gasteiger partial charge in [-0.25, -0.2) is 0 Å². The highest BCUT2D eigenvalue weighted by molar-refractivity contribution is 6.32. The molecule has 134 valence electrons. The van der Waals surface area contributed by atoms with Crippen molar-refractivity contribution in [3.8, 4) is 11.5 Å². The molecule has 27 heavy (non-hydrogen) atoms. The van der Waals surface area contributed by atoms with E-state index in [1.165, 1.54) is 12.1 Å². The van der Waals surface area contributed by atoms with E-state index in [9.17, 15) is 9.90 Å². The summed E-state index contributed by atoms with van der Waals surface area (Å²) in [5, 5.41) is 17.9. The predicted molar refractivity (Wildman–Crippen MR) is 107 cm³/mol. The van der Waals surface area contributed by atoms with Gasteiger partial charge in [0.25, 0.3) is 5.91 Å². The summed E-state index contributed by atoms with van der Waals surface area (Å²) in [4.78, 5) is 12.9. The first kappa shape index (κ1) is 16.8. The molecule has 0 fully saturated rings. The van der Waals surface area contributed by atoms with E-state index in [0.717, 1.165) is 16.5 Å². The number of methoxy groups -OCH3 is 1. The normalized spacial score (nSPS) is 15.5. The number of rotatable bonds is 3. The monoisotopic (exact) mass is 358 g/mol. The Bertz CT molecular complexity index is 1120. The van der Waals surface area contributed by atoms with E-state index in [1.54, 1.807) is 31.2 Å². The summed E-state index contributed by atoms with van der Waals surface area (Å²) in [6, 6.07) is 18.8. The molecule has 1 heterocycles. The summed E-state index contributed by atoms with van der Waals surface area (Å²) in [6.45, 7) is 1.80. The number of aromatic hydroxyl groups is 1. The Labute approximate surface area is 156 Å². The second kappa shape index (κ2) is 6.61. The summed E-state index contributed by atoms with van der Waals surface area (Å²) in [5.41, 5.74) is 2.54. The SMILES string of the molecule is COc1ccc(/C=C2\C(=O)N(c3ccc4ccccc4c3)N=C2C)cc1O. The minimum Gasteiger partial charge on any atom is -0.504 e. The van der Waals surface area contributed by atoms with Crippen LogP contribution < -0.4 is 9.75 Å². The van der Waals surface area contributed by atoms with Crippen LogP contribution in [0.3, 0.4) is 0 Å². The van der Waals surface area contributed by atoms with Crippen molar-refractivity contribution in [2.45, 2.75) is 6.92 Å². The zero-order valence-corrected chi connectivity index (χ0v) is 15.0. The van der Waals surface area contributed by atoms with Crippen LogP contribution in [0.4, 0.5) is 5.69 Å². The van der Waals surface area contributed by atoms with Crippen LogP contribution in [0.25, 0.3) is 16.8 Å². The number of ether oxygens (including phenoxy) is 1. The van der Waals surface area contributed by atoms with Gasteiger partial charge in [0.15, 0.2) is 11.5 Å². The van der Waals surface area contributed by atoms with Gasteiger partial charge in [0.2, 0.25) is 0 Å². The van der Waals surface area contributed by atoms with Crippen molar-refractivity contribution in [1.29, 1.82) is 0 Å². The zero-order chi connectivity index (χ0) is 19.0. The molecule has 0 saturated heterocycles. The van der Waals surface area contributed by atoms with Gasteiger partial charge < -0.3 is 9.84 Å². The minimum absolute atomic E-state index is 0.0262. The number of hydrogen-bond donors (Lipinski definition) is 1. The van der Waals surface area contributed by atoms with Gasteiger partial charge >= 0.3 is 0 Å². The van der Waals surface area contributed by atoms with Crippen LogP contribution in [0, 0.1) is 0 Å². The molecular formula is C22H18N2O3. The molecule has 0 atom stereocenters. The van der Waals surface area contributed by atoms with Crippen LogP contribution in [0.2, 0.25) is 0 Å². The van der Waals surface area contributed by atoms with E-state index >= 15 is 0 Å². The third kappa shape index (κ3) is 3.04. The molecule has 1 amide bonds. The van der Waals surface area contributed by atoms with E-state index in [1.807, 2.05) is 42.5 Å². The van der Waals surface area contributed by atoms with Gasteiger partial charge in [0.1, 0.15) is 0 Å². The molecule has 1 aliphatic rings. The Morgan fingerprint density at radius 3 is 2.56 bits per heavy atom. The van der Waals surface area contributed by atoms with E-state index in [4.69, 9.17) is 4.74 Å². The number of phenols is 1. The summed E-state index contributed by atoms with van der Waals surface area (Å²) in [5.74, 6) is 0.217. The molecule has 0 bridgehead atoms. The third-order valence-electron chi connectivity index (χ3n) is 4.55. The number of carbonyl (C=O) groups excluding carboxylic acids is 1. The Kier molecular flexibility index (Phi) is 4.12. The maximum absolute atomic E-state index is 12.9. The van der Waals surface area contributed by atoms with Crippen LogP contribution in [0.5, 0.6) is 11.5 Å². The number of carbonyl (C=O) groups is 1. The largest absolute Gasteiger partial charge is 0.504 e. The fraction of sp³-hybridized carbons (Fsp3) is 0.0909. The maximum Gasteiger partial charge on any atom is 0.280 e. The van der Waals surface area contributed by atoms with Gasteiger partial charge in [0, 0.05) is 0 Å². The van der Waals surface area contributed by atoms with Crippen LogP contribution in [-0.2, 0) is 4.79 Å². The average molecular weight is 358 g/mol. The lowest BCUT2D eigenvalue weighted by Crippen LogP contribution is -2.21. The fourth-order valence-corrected chi connectivity index (χ4v) is 3.13. The average Bonchev–Trinajstić information content (AvgIpc) is 2.96. The fourth-order valence-electron chi connectivity index (χ4n) is 3.13. The summed E-state index contributed by atoms with van der Waals surface area (Å²) >= 11 is 0. The van der Waals surface area contributed by atoms with Crippen molar-refractivity contribution in [2.75, 3.05) is 12.1 Å². The van der Waals surface area contributed by atoms with Crippen LogP contribution in [-0.4, -0.2) is 23.8 Å². The molecule has 3 aromatic carbocycles. The van der Waals surface area contributed by atoms with E-state index < -0.39 is 0 Å². The molecule has 3 aromatic rings. The standard InChI is InChI=1S/C22H18N2O3/c1-14-19(11-15-7-10-21(27-2)20(25)12-15)22(26)24(23-14)18-9-8-16-5-3-4-6-17(16)13-18/h3-13,25H,1-2H3/b19-11-. The molecule has 0 aromatic heterocycles. The van der Waals surface area contributed by atoms with Crippen molar-refractivity contribution in [1.82, 2.24) is 0 Å². The number of hydrogen-bond acceptors (Lipinski definition) is 4. The van der Waals surface area contributed by atoms with Gasteiger partial charge in [-0.15, -0.1) is 0 Å². The van der Waals surface area contributed by atoms with Crippen molar-refractivity contribution in [3.05, 3.63) is 71.8 Å². The van der Waals surface area contributed by atoms with Gasteiger partial charge in [0.05, 0.1) is 24.1 Å². The van der Waals surface area contributed by atoms with Gasteiger partial charge in [-0.3, -0.25) is 4.79 Å². The lowest BCUT2D eigenvalue weighted by atomic mass is 10.1. The summed E-state index contributed by atoms with van der Waals surface area (Å²) in [7, 11) is 1.49. The zero-order valence-electron chi connectivity index (χ0n) is 15.0. The maximum atomic E-state index is 12.9. The van der Waals surface area contributed by atoms with Crippen LogP contribution in [0.1, 0.15) is 12.5 Å². The highest BCUT2D eigenvalue weighted by Gasteiger charge is 2.28. The molecule has 5 heteroatoms. The second-order valence-corrected chi connectivity index (χ2v) is 6.32. The topological polar surface area (TPSA) is 62.1 Å². The Balaban J connectivity index is 1.68. The summed E-state index contributed by atoms with van der Waals surface area (Å²) in [6.07, 6.45) is 1.72. The molecule has 5 nitrogen and oxygen atoms in total. The number of phenolic OH excluding ortho intramolecular Hbond substituents is 1. The Hall–Kier alpha value is -3.60. The molecule has 0 saturated carbocycles. The van der Waals surface area contributed by atoms with E-state index in [2.05, 4.69) is 5.10 Å². The van der Waals surface area contributed by atoms with Crippen molar-refractivity contribution < 1.29 is 14.6 Å². The molecule has 0 aliphatic carbocycles. The van der Waals surface area contributed by atoms with E-state index in [0.29, 0.717) is 22.6 Å². The first-order valence-electron chi connectivity index (χ1n) is 8.54. The Morgan fingerprint density at radius 1 is 1.04 bits per heavy atom. The molecule has 1 aliphatic heterocycles.